The summed E-state index contributed by atoms with van der Waals surface area (Å²) in [6.45, 7) is -0.0720. The number of benzene rings is 1. The van der Waals surface area contributed by atoms with Crippen LogP contribution in [0.2, 0.25) is 0 Å². The fourth-order valence-corrected chi connectivity index (χ4v) is 1.33. The molecule has 1 aromatic heterocycles. The fourth-order valence-electron chi connectivity index (χ4n) is 1.33. The molecule has 0 aliphatic carbocycles. The average Bonchev–Trinajstić information content (AvgIpc) is 2.89. The summed E-state index contributed by atoms with van der Waals surface area (Å²) in [5, 5.41) is 16.3. The minimum absolute atomic E-state index is 0.0720. The molecule has 1 heterocycles. The SMILES string of the molecule is O=C(NCc1ncon1)c1cc([N+](=O)[O-])ccc1F. The maximum atomic E-state index is 13.4. The van der Waals surface area contributed by atoms with Crippen LogP contribution in [-0.2, 0) is 6.54 Å². The van der Waals surface area contributed by atoms with Crippen LogP contribution in [0.25, 0.3) is 0 Å². The van der Waals surface area contributed by atoms with Gasteiger partial charge < -0.3 is 9.84 Å². The van der Waals surface area contributed by atoms with Crippen molar-refractivity contribution in [3.63, 3.8) is 0 Å². The molecule has 19 heavy (non-hydrogen) atoms. The van der Waals surface area contributed by atoms with E-state index < -0.39 is 22.2 Å². The molecule has 0 atom stereocenters. The van der Waals surface area contributed by atoms with Crippen LogP contribution in [0.4, 0.5) is 10.1 Å². The molecule has 0 aliphatic rings. The third-order valence-electron chi connectivity index (χ3n) is 2.22. The molecule has 8 nitrogen and oxygen atoms in total. The molecule has 1 N–H and O–H groups in total. The van der Waals surface area contributed by atoms with Crippen molar-refractivity contribution in [1.82, 2.24) is 15.5 Å². The summed E-state index contributed by atoms with van der Waals surface area (Å²) in [5.74, 6) is -1.44. The first-order valence-electron chi connectivity index (χ1n) is 5.05. The molecule has 0 saturated carbocycles. The normalized spacial score (nSPS) is 10.2. The number of nitrogens with zero attached hydrogens (tertiary/aromatic N) is 3. The lowest BCUT2D eigenvalue weighted by Crippen LogP contribution is -2.24. The standard InChI is InChI=1S/C10H7FN4O4/c11-8-2-1-6(15(17)18)3-7(8)10(16)12-4-9-13-5-19-14-9/h1-3,5H,4H2,(H,12,16). The van der Waals surface area contributed by atoms with Gasteiger partial charge in [0.25, 0.3) is 11.6 Å². The quantitative estimate of drug-likeness (QED) is 0.653. The molecule has 1 amide bonds. The predicted octanol–water partition coefficient (Wildman–Crippen LogP) is 1.05. The number of nitrogens with one attached hydrogen (secondary N) is 1. The number of hydrogen-bond acceptors (Lipinski definition) is 6. The second-order valence-corrected chi connectivity index (χ2v) is 3.45. The van der Waals surface area contributed by atoms with E-state index in [1.807, 2.05) is 0 Å². The van der Waals surface area contributed by atoms with Gasteiger partial charge in [-0.2, -0.15) is 4.98 Å². The molecule has 1 aromatic carbocycles. The smallest absolute Gasteiger partial charge is 0.270 e. The van der Waals surface area contributed by atoms with Crippen molar-refractivity contribution in [3.8, 4) is 0 Å². The summed E-state index contributed by atoms with van der Waals surface area (Å²) in [6.07, 6.45) is 1.08. The molecule has 0 radical (unpaired) electrons. The molecule has 0 saturated heterocycles. The minimum Gasteiger partial charge on any atom is -0.345 e. The first-order chi connectivity index (χ1) is 9.08. The Morgan fingerprint density at radius 2 is 2.32 bits per heavy atom. The molecule has 0 fully saturated rings. The number of amides is 1. The summed E-state index contributed by atoms with van der Waals surface area (Å²) < 4.78 is 17.9. The van der Waals surface area contributed by atoms with E-state index in [0.717, 1.165) is 24.6 Å². The van der Waals surface area contributed by atoms with Gasteiger partial charge in [0.15, 0.2) is 5.82 Å². The zero-order valence-electron chi connectivity index (χ0n) is 9.37. The molecule has 2 aromatic rings. The van der Waals surface area contributed by atoms with Crippen molar-refractivity contribution in [1.29, 1.82) is 0 Å². The average molecular weight is 266 g/mol. The van der Waals surface area contributed by atoms with E-state index in [2.05, 4.69) is 20.0 Å². The third-order valence-corrected chi connectivity index (χ3v) is 2.22. The van der Waals surface area contributed by atoms with Crippen LogP contribution in [0.3, 0.4) is 0 Å². The summed E-state index contributed by atoms with van der Waals surface area (Å²) >= 11 is 0. The number of halogens is 1. The van der Waals surface area contributed by atoms with Crippen molar-refractivity contribution in [2.75, 3.05) is 0 Å². The van der Waals surface area contributed by atoms with Gasteiger partial charge in [-0.15, -0.1) is 0 Å². The number of carbonyl (C=O) groups is 1. The van der Waals surface area contributed by atoms with Crippen LogP contribution in [0.15, 0.2) is 29.1 Å². The molecule has 0 spiro atoms. The summed E-state index contributed by atoms with van der Waals surface area (Å²) in [4.78, 5) is 25.2. The number of non-ortho nitro benzene ring substituents is 1. The summed E-state index contributed by atoms with van der Waals surface area (Å²) in [7, 11) is 0. The molecular weight excluding hydrogens is 259 g/mol. The van der Waals surface area contributed by atoms with E-state index >= 15 is 0 Å². The lowest BCUT2D eigenvalue weighted by atomic mass is 10.1. The van der Waals surface area contributed by atoms with Crippen LogP contribution < -0.4 is 5.32 Å². The Hall–Kier alpha value is -2.84. The van der Waals surface area contributed by atoms with Crippen molar-refractivity contribution < 1.29 is 18.6 Å². The first kappa shape index (κ1) is 12.6. The zero-order chi connectivity index (χ0) is 13.8. The maximum absolute atomic E-state index is 13.4. The van der Waals surface area contributed by atoms with E-state index in [4.69, 9.17) is 0 Å². The maximum Gasteiger partial charge on any atom is 0.270 e. The van der Waals surface area contributed by atoms with Crippen molar-refractivity contribution >= 4 is 11.6 Å². The number of aromatic nitrogens is 2. The van der Waals surface area contributed by atoms with Gasteiger partial charge in [-0.25, -0.2) is 4.39 Å². The highest BCUT2D eigenvalue weighted by molar-refractivity contribution is 5.95. The van der Waals surface area contributed by atoms with E-state index in [9.17, 15) is 19.3 Å². The highest BCUT2D eigenvalue weighted by atomic mass is 19.1. The molecule has 0 unspecified atom stereocenters. The molecule has 0 bridgehead atoms. The Bertz CT molecular complexity index is 614. The summed E-state index contributed by atoms with van der Waals surface area (Å²) in [5.41, 5.74) is -0.788. The number of carbonyl (C=O) groups excluding carboxylic acids is 1. The molecule has 2 rings (SSSR count). The lowest BCUT2D eigenvalue weighted by Gasteiger charge is -2.03. The van der Waals surface area contributed by atoms with Crippen LogP contribution in [-0.4, -0.2) is 21.0 Å². The van der Waals surface area contributed by atoms with Gasteiger partial charge in [0, 0.05) is 12.1 Å². The largest absolute Gasteiger partial charge is 0.345 e. The van der Waals surface area contributed by atoms with Crippen LogP contribution >= 0.6 is 0 Å². The Morgan fingerprint density at radius 1 is 1.53 bits per heavy atom. The minimum atomic E-state index is -0.851. The monoisotopic (exact) mass is 266 g/mol. The third kappa shape index (κ3) is 2.89. The van der Waals surface area contributed by atoms with Gasteiger partial charge in [-0.05, 0) is 6.07 Å². The van der Waals surface area contributed by atoms with E-state index in [1.54, 1.807) is 0 Å². The Morgan fingerprint density at radius 3 is 2.95 bits per heavy atom. The zero-order valence-corrected chi connectivity index (χ0v) is 9.37. The van der Waals surface area contributed by atoms with Crippen LogP contribution in [0.1, 0.15) is 16.2 Å². The van der Waals surface area contributed by atoms with Crippen LogP contribution in [0, 0.1) is 15.9 Å². The van der Waals surface area contributed by atoms with Gasteiger partial charge in [-0.1, -0.05) is 5.16 Å². The van der Waals surface area contributed by atoms with Crippen molar-refractivity contribution in [3.05, 3.63) is 51.9 Å². The number of nitro benzene ring substituents is 1. The topological polar surface area (TPSA) is 111 Å². The first-order valence-corrected chi connectivity index (χ1v) is 5.05. The number of nitro groups is 1. The molecule has 98 valence electrons. The van der Waals surface area contributed by atoms with Crippen molar-refractivity contribution in [2.24, 2.45) is 0 Å². The van der Waals surface area contributed by atoms with Gasteiger partial charge in [-0.3, -0.25) is 14.9 Å². The Labute approximate surface area is 105 Å². The Kier molecular flexibility index (Phi) is 3.46. The fraction of sp³-hybridized carbons (Fsp3) is 0.100. The lowest BCUT2D eigenvalue weighted by molar-refractivity contribution is -0.384. The van der Waals surface area contributed by atoms with Gasteiger partial charge in [0.05, 0.1) is 17.0 Å². The van der Waals surface area contributed by atoms with E-state index in [0.29, 0.717) is 0 Å². The molecular formula is C10H7FN4O4. The van der Waals surface area contributed by atoms with Gasteiger partial charge in [0.2, 0.25) is 6.39 Å². The van der Waals surface area contributed by atoms with Crippen LogP contribution in [0.5, 0.6) is 0 Å². The second-order valence-electron chi connectivity index (χ2n) is 3.45. The predicted molar refractivity (Wildman–Crippen MR) is 58.5 cm³/mol. The van der Waals surface area contributed by atoms with E-state index in [1.165, 1.54) is 0 Å². The number of hydrogen-bond donors (Lipinski definition) is 1. The molecule has 9 heteroatoms. The molecule has 0 aliphatic heterocycles. The second kappa shape index (κ2) is 5.21. The highest BCUT2D eigenvalue weighted by Gasteiger charge is 2.17. The highest BCUT2D eigenvalue weighted by Crippen LogP contribution is 2.16. The van der Waals surface area contributed by atoms with Gasteiger partial charge in [0.1, 0.15) is 5.82 Å². The van der Waals surface area contributed by atoms with Crippen molar-refractivity contribution in [2.45, 2.75) is 6.54 Å². The van der Waals surface area contributed by atoms with E-state index in [-0.39, 0.29) is 18.1 Å². The number of rotatable bonds is 4. The van der Waals surface area contributed by atoms with Gasteiger partial charge >= 0.3 is 0 Å². The Balaban J connectivity index is 2.14. The summed E-state index contributed by atoms with van der Waals surface area (Å²) in [6, 6.07) is 2.70.